The maximum atomic E-state index is 13.3. The number of hydrogen-bond donors (Lipinski definition) is 2. The molecule has 8 heteroatoms. The fourth-order valence-electron chi connectivity index (χ4n) is 3.62. The number of benzene rings is 1. The molecule has 2 heterocycles. The van der Waals surface area contributed by atoms with E-state index in [1.54, 1.807) is 0 Å². The van der Waals surface area contributed by atoms with Crippen molar-refractivity contribution in [2.24, 2.45) is 5.92 Å². The average Bonchev–Trinajstić information content (AvgIpc) is 3.28. The van der Waals surface area contributed by atoms with Crippen molar-refractivity contribution in [2.75, 3.05) is 17.2 Å². The van der Waals surface area contributed by atoms with Gasteiger partial charge in [-0.15, -0.1) is 0 Å². The molecule has 0 atom stereocenters. The van der Waals surface area contributed by atoms with E-state index < -0.39 is 11.2 Å². The Morgan fingerprint density at radius 2 is 1.78 bits per heavy atom. The Labute approximate surface area is 187 Å². The van der Waals surface area contributed by atoms with Crippen molar-refractivity contribution in [1.29, 1.82) is 0 Å². The van der Waals surface area contributed by atoms with Crippen LogP contribution in [0, 0.1) is 5.92 Å². The van der Waals surface area contributed by atoms with Crippen LogP contribution in [0.3, 0.4) is 0 Å². The van der Waals surface area contributed by atoms with E-state index in [2.05, 4.69) is 4.98 Å². The highest BCUT2D eigenvalue weighted by Gasteiger charge is 2.24. The van der Waals surface area contributed by atoms with Crippen LogP contribution in [0.1, 0.15) is 39.2 Å². The van der Waals surface area contributed by atoms with Crippen molar-refractivity contribution in [3.05, 3.63) is 75.2 Å². The van der Waals surface area contributed by atoms with E-state index in [4.69, 9.17) is 5.73 Å². The minimum atomic E-state index is -0.639. The number of aromatic nitrogens is 3. The molecule has 170 valence electrons. The summed E-state index contributed by atoms with van der Waals surface area (Å²) in [5.41, 5.74) is 6.93. The Balaban J connectivity index is 1.92. The first kappa shape index (κ1) is 23.1. The van der Waals surface area contributed by atoms with E-state index in [-0.39, 0.29) is 29.8 Å². The molecule has 2 aromatic heterocycles. The maximum absolute atomic E-state index is 13.3. The molecule has 0 bridgehead atoms. The van der Waals surface area contributed by atoms with Gasteiger partial charge in [-0.05, 0) is 42.2 Å². The Bertz CT molecular complexity index is 1160. The molecular weight excluding hydrogens is 406 g/mol. The third-order valence-corrected chi connectivity index (χ3v) is 5.26. The van der Waals surface area contributed by atoms with Crippen LogP contribution >= 0.6 is 0 Å². The molecule has 3 N–H and O–H groups in total. The van der Waals surface area contributed by atoms with Gasteiger partial charge < -0.3 is 15.2 Å². The zero-order valence-electron chi connectivity index (χ0n) is 18.9. The lowest BCUT2D eigenvalue weighted by Gasteiger charge is -2.25. The molecule has 0 aliphatic heterocycles. The summed E-state index contributed by atoms with van der Waals surface area (Å²) in [4.78, 5) is 42.0. The summed E-state index contributed by atoms with van der Waals surface area (Å²) in [6, 6.07) is 11.6. The topological polar surface area (TPSA) is 106 Å². The quantitative estimate of drug-likeness (QED) is 0.537. The molecule has 0 radical (unpaired) electrons. The summed E-state index contributed by atoms with van der Waals surface area (Å²) < 4.78 is 3.32. The number of nitrogens with one attached hydrogen (secondary N) is 1. The summed E-state index contributed by atoms with van der Waals surface area (Å²) in [7, 11) is 0. The fraction of sp³-hybridized carbons (Fsp3) is 0.375. The molecule has 3 aromatic rings. The molecule has 0 spiro atoms. The van der Waals surface area contributed by atoms with E-state index in [9.17, 15) is 14.4 Å². The van der Waals surface area contributed by atoms with Gasteiger partial charge in [0.1, 0.15) is 5.82 Å². The van der Waals surface area contributed by atoms with Gasteiger partial charge in [-0.25, -0.2) is 4.79 Å². The van der Waals surface area contributed by atoms with Gasteiger partial charge in [0.05, 0.1) is 6.42 Å². The second kappa shape index (κ2) is 10.2. The predicted molar refractivity (Wildman–Crippen MR) is 127 cm³/mol. The van der Waals surface area contributed by atoms with Crippen molar-refractivity contribution in [1.82, 2.24) is 14.1 Å². The minimum absolute atomic E-state index is 0.0276. The molecule has 8 nitrogen and oxygen atoms in total. The summed E-state index contributed by atoms with van der Waals surface area (Å²) in [5.74, 6) is -0.0636. The number of hydrogen-bond acceptors (Lipinski definition) is 4. The van der Waals surface area contributed by atoms with Gasteiger partial charge in [-0.1, -0.05) is 39.3 Å². The first-order valence-electron chi connectivity index (χ1n) is 11.0. The molecule has 3 rings (SSSR count). The van der Waals surface area contributed by atoms with Gasteiger partial charge in [0.2, 0.25) is 5.91 Å². The van der Waals surface area contributed by atoms with Gasteiger partial charge in [-0.3, -0.25) is 19.1 Å². The predicted octanol–water partition coefficient (Wildman–Crippen LogP) is 2.94. The average molecular weight is 438 g/mol. The molecule has 0 unspecified atom stereocenters. The van der Waals surface area contributed by atoms with Crippen LogP contribution < -0.4 is 21.9 Å². The highest BCUT2D eigenvalue weighted by Crippen LogP contribution is 2.20. The summed E-state index contributed by atoms with van der Waals surface area (Å²) in [6.45, 7) is 6.62. The molecular formula is C24H31N5O3. The van der Waals surface area contributed by atoms with Gasteiger partial charge in [0, 0.05) is 31.2 Å². The first-order chi connectivity index (χ1) is 15.3. The first-order valence-corrected chi connectivity index (χ1v) is 11.0. The lowest BCUT2D eigenvalue weighted by Crippen LogP contribution is -2.42. The van der Waals surface area contributed by atoms with Crippen molar-refractivity contribution < 1.29 is 4.79 Å². The number of nitrogens with two attached hydrogens (primary N) is 1. The second-order valence-corrected chi connectivity index (χ2v) is 8.33. The summed E-state index contributed by atoms with van der Waals surface area (Å²) in [5, 5.41) is 0. The molecule has 1 amide bonds. The number of aromatic amines is 1. The number of carbonyl (C=O) groups excluding carboxylic acids is 1. The minimum Gasteiger partial charge on any atom is -0.383 e. The van der Waals surface area contributed by atoms with Crippen LogP contribution in [0.15, 0.2) is 58.4 Å². The molecule has 1 aromatic carbocycles. The van der Waals surface area contributed by atoms with E-state index in [0.29, 0.717) is 19.5 Å². The number of amides is 1. The highest BCUT2D eigenvalue weighted by molar-refractivity contribution is 5.96. The summed E-state index contributed by atoms with van der Waals surface area (Å²) >= 11 is 0. The van der Waals surface area contributed by atoms with Gasteiger partial charge in [0.15, 0.2) is 5.69 Å². The van der Waals surface area contributed by atoms with Crippen molar-refractivity contribution in [3.8, 4) is 5.69 Å². The molecule has 0 aliphatic carbocycles. The molecule has 32 heavy (non-hydrogen) atoms. The Hall–Kier alpha value is -3.55. The highest BCUT2D eigenvalue weighted by atomic mass is 16.2. The Morgan fingerprint density at radius 3 is 2.38 bits per heavy atom. The van der Waals surface area contributed by atoms with Crippen molar-refractivity contribution in [3.63, 3.8) is 0 Å². The van der Waals surface area contributed by atoms with Crippen LogP contribution in [0.4, 0.5) is 11.5 Å². The van der Waals surface area contributed by atoms with Crippen LogP contribution in [0.25, 0.3) is 5.69 Å². The van der Waals surface area contributed by atoms with E-state index in [1.807, 2.05) is 74.1 Å². The number of nitrogen functional groups attached to an aromatic ring is 1. The molecule has 0 saturated heterocycles. The monoisotopic (exact) mass is 437 g/mol. The SMILES string of the molecule is CCCCN(C(=O)Cc1ccc(-n2cccc2)cc1)c1c(N)n(CC(C)C)c(=O)[nH]c1=O. The third-order valence-electron chi connectivity index (χ3n) is 5.26. The molecule has 0 saturated carbocycles. The third kappa shape index (κ3) is 5.19. The fourth-order valence-corrected chi connectivity index (χ4v) is 3.62. The number of H-pyrrole nitrogens is 1. The van der Waals surface area contributed by atoms with Gasteiger partial charge in [0.25, 0.3) is 5.56 Å². The normalized spacial score (nSPS) is 11.1. The number of carbonyl (C=O) groups is 1. The second-order valence-electron chi connectivity index (χ2n) is 8.33. The lowest BCUT2D eigenvalue weighted by atomic mass is 10.1. The number of nitrogens with zero attached hydrogens (tertiary/aromatic N) is 3. The number of rotatable bonds is 9. The van der Waals surface area contributed by atoms with Gasteiger partial charge >= 0.3 is 5.69 Å². The number of unbranched alkanes of at least 4 members (excludes halogenated alkanes) is 1. The van der Waals surface area contributed by atoms with Gasteiger partial charge in [-0.2, -0.15) is 0 Å². The lowest BCUT2D eigenvalue weighted by molar-refractivity contribution is -0.118. The van der Waals surface area contributed by atoms with E-state index in [1.165, 1.54) is 9.47 Å². The summed E-state index contributed by atoms with van der Waals surface area (Å²) in [6.07, 6.45) is 5.58. The largest absolute Gasteiger partial charge is 0.383 e. The van der Waals surface area contributed by atoms with Crippen LogP contribution in [0.5, 0.6) is 0 Å². The zero-order valence-corrected chi connectivity index (χ0v) is 18.9. The Morgan fingerprint density at radius 1 is 1.12 bits per heavy atom. The van der Waals surface area contributed by atoms with Crippen LogP contribution in [-0.2, 0) is 17.8 Å². The zero-order chi connectivity index (χ0) is 23.3. The van der Waals surface area contributed by atoms with Crippen LogP contribution in [-0.4, -0.2) is 26.6 Å². The molecule has 0 aliphatic rings. The maximum Gasteiger partial charge on any atom is 0.330 e. The Kier molecular flexibility index (Phi) is 7.35. The van der Waals surface area contributed by atoms with E-state index >= 15 is 0 Å². The van der Waals surface area contributed by atoms with E-state index in [0.717, 1.165) is 17.7 Å². The van der Waals surface area contributed by atoms with Crippen molar-refractivity contribution >= 4 is 17.4 Å². The standard InChI is InChI=1S/C24H31N5O3/c1-4-5-14-28(21-22(25)29(16-17(2)3)24(32)26-23(21)31)20(30)15-18-8-10-19(11-9-18)27-12-6-7-13-27/h6-13,17H,4-5,14-16,25H2,1-3H3,(H,26,31,32). The van der Waals surface area contributed by atoms with Crippen LogP contribution in [0.2, 0.25) is 0 Å². The van der Waals surface area contributed by atoms with Crippen molar-refractivity contribution in [2.45, 2.75) is 46.6 Å². The number of anilines is 2. The molecule has 0 fully saturated rings. The smallest absolute Gasteiger partial charge is 0.330 e.